The number of aromatic carboxylic acids is 1. The molecule has 1 rings (SSSR count). The Labute approximate surface area is 92.1 Å². The van der Waals surface area contributed by atoms with Crippen LogP contribution in [0.3, 0.4) is 0 Å². The van der Waals surface area contributed by atoms with Crippen LogP contribution in [-0.2, 0) is 11.3 Å². The van der Waals surface area contributed by atoms with Crippen LogP contribution in [0.2, 0.25) is 0 Å². The van der Waals surface area contributed by atoms with Crippen molar-refractivity contribution in [2.45, 2.75) is 19.6 Å². The SMILES string of the molecule is COC(C)CNCc1csc(C(=O)O)n1. The number of nitrogens with one attached hydrogen (secondary N) is 1. The van der Waals surface area contributed by atoms with Crippen molar-refractivity contribution in [2.24, 2.45) is 0 Å². The summed E-state index contributed by atoms with van der Waals surface area (Å²) in [7, 11) is 1.65. The lowest BCUT2D eigenvalue weighted by Crippen LogP contribution is -2.25. The molecule has 6 heteroatoms. The fourth-order valence-corrected chi connectivity index (χ4v) is 1.63. The lowest BCUT2D eigenvalue weighted by molar-refractivity contribution is 0.0696. The maximum absolute atomic E-state index is 10.6. The monoisotopic (exact) mass is 230 g/mol. The van der Waals surface area contributed by atoms with Crippen molar-refractivity contribution < 1.29 is 14.6 Å². The Morgan fingerprint density at radius 1 is 1.80 bits per heavy atom. The van der Waals surface area contributed by atoms with E-state index >= 15 is 0 Å². The highest BCUT2D eigenvalue weighted by molar-refractivity contribution is 7.11. The van der Waals surface area contributed by atoms with Gasteiger partial charge in [-0.1, -0.05) is 0 Å². The summed E-state index contributed by atoms with van der Waals surface area (Å²) in [6, 6.07) is 0. The van der Waals surface area contributed by atoms with Crippen LogP contribution in [-0.4, -0.2) is 35.8 Å². The van der Waals surface area contributed by atoms with Gasteiger partial charge in [-0.2, -0.15) is 0 Å². The summed E-state index contributed by atoms with van der Waals surface area (Å²) in [5.41, 5.74) is 0.751. The van der Waals surface area contributed by atoms with Crippen molar-refractivity contribution in [2.75, 3.05) is 13.7 Å². The molecule has 0 aliphatic heterocycles. The quantitative estimate of drug-likeness (QED) is 0.761. The van der Waals surface area contributed by atoms with Crippen LogP contribution in [0.15, 0.2) is 5.38 Å². The van der Waals surface area contributed by atoms with E-state index in [1.54, 1.807) is 12.5 Å². The summed E-state index contributed by atoms with van der Waals surface area (Å²) in [4.78, 5) is 14.5. The normalized spacial score (nSPS) is 12.7. The first kappa shape index (κ1) is 12.1. The number of thiazole rings is 1. The number of rotatable bonds is 6. The molecule has 0 amide bonds. The summed E-state index contributed by atoms with van der Waals surface area (Å²) in [6.07, 6.45) is 0.141. The Morgan fingerprint density at radius 2 is 2.53 bits per heavy atom. The molecular weight excluding hydrogens is 216 g/mol. The number of nitrogens with zero attached hydrogens (tertiary/aromatic N) is 1. The van der Waals surface area contributed by atoms with Gasteiger partial charge in [0.05, 0.1) is 11.8 Å². The number of methoxy groups -OCH3 is 1. The lowest BCUT2D eigenvalue weighted by atomic mass is 10.4. The number of hydrogen-bond acceptors (Lipinski definition) is 5. The highest BCUT2D eigenvalue weighted by Crippen LogP contribution is 2.09. The Kier molecular flexibility index (Phi) is 4.67. The summed E-state index contributed by atoms with van der Waals surface area (Å²) >= 11 is 1.14. The molecule has 15 heavy (non-hydrogen) atoms. The van der Waals surface area contributed by atoms with Gasteiger partial charge in [-0.25, -0.2) is 9.78 Å². The molecule has 0 saturated heterocycles. The van der Waals surface area contributed by atoms with E-state index in [1.165, 1.54) is 0 Å². The molecule has 1 heterocycles. The summed E-state index contributed by atoms with van der Waals surface area (Å²) < 4.78 is 5.06. The van der Waals surface area contributed by atoms with E-state index in [0.717, 1.165) is 23.6 Å². The second kappa shape index (κ2) is 5.79. The van der Waals surface area contributed by atoms with Crippen molar-refractivity contribution >= 4 is 17.3 Å². The molecule has 0 fully saturated rings. The molecule has 0 saturated carbocycles. The van der Waals surface area contributed by atoms with Crippen LogP contribution in [0.4, 0.5) is 0 Å². The van der Waals surface area contributed by atoms with Crippen molar-refractivity contribution in [1.82, 2.24) is 10.3 Å². The van der Waals surface area contributed by atoms with E-state index < -0.39 is 5.97 Å². The smallest absolute Gasteiger partial charge is 0.365 e. The van der Waals surface area contributed by atoms with Crippen LogP contribution < -0.4 is 5.32 Å². The van der Waals surface area contributed by atoms with Crippen molar-refractivity contribution in [3.8, 4) is 0 Å². The third-order valence-corrected chi connectivity index (χ3v) is 2.75. The summed E-state index contributed by atoms with van der Waals surface area (Å²) in [5, 5.41) is 13.7. The van der Waals surface area contributed by atoms with E-state index in [4.69, 9.17) is 9.84 Å². The largest absolute Gasteiger partial charge is 0.476 e. The van der Waals surface area contributed by atoms with Crippen LogP contribution in [0.25, 0.3) is 0 Å². The second-order valence-corrected chi connectivity index (χ2v) is 3.98. The molecule has 1 unspecified atom stereocenters. The van der Waals surface area contributed by atoms with Crippen molar-refractivity contribution in [1.29, 1.82) is 0 Å². The third kappa shape index (κ3) is 3.94. The minimum absolute atomic E-state index is 0.131. The summed E-state index contributed by atoms with van der Waals surface area (Å²) in [6.45, 7) is 3.24. The van der Waals surface area contributed by atoms with Gasteiger partial charge in [-0.05, 0) is 6.92 Å². The molecule has 1 atom stereocenters. The van der Waals surface area contributed by atoms with E-state index in [0.29, 0.717) is 6.54 Å². The van der Waals surface area contributed by atoms with Gasteiger partial charge in [-0.3, -0.25) is 0 Å². The number of hydrogen-bond donors (Lipinski definition) is 2. The predicted molar refractivity (Wildman–Crippen MR) is 57.3 cm³/mol. The fraction of sp³-hybridized carbons (Fsp3) is 0.556. The maximum atomic E-state index is 10.6. The van der Waals surface area contributed by atoms with Crippen LogP contribution in [0.1, 0.15) is 22.4 Å². The molecule has 0 aliphatic rings. The molecule has 0 aromatic carbocycles. The van der Waals surface area contributed by atoms with Crippen LogP contribution >= 0.6 is 11.3 Å². The minimum Gasteiger partial charge on any atom is -0.476 e. The molecule has 1 aromatic heterocycles. The molecule has 2 N–H and O–H groups in total. The highest BCUT2D eigenvalue weighted by Gasteiger charge is 2.08. The molecule has 5 nitrogen and oxygen atoms in total. The standard InChI is InChI=1S/C9H14N2O3S/c1-6(14-2)3-10-4-7-5-15-8(11-7)9(12)13/h5-6,10H,3-4H2,1-2H3,(H,12,13). The van der Waals surface area contributed by atoms with Gasteiger partial charge >= 0.3 is 5.97 Å². The first-order chi connectivity index (χ1) is 7.13. The Bertz CT molecular complexity index is 327. The van der Waals surface area contributed by atoms with Gasteiger partial charge < -0.3 is 15.2 Å². The fourth-order valence-electron chi connectivity index (χ4n) is 0.973. The first-order valence-electron chi connectivity index (χ1n) is 4.54. The van der Waals surface area contributed by atoms with Gasteiger partial charge in [-0.15, -0.1) is 11.3 Å². The highest BCUT2D eigenvalue weighted by atomic mass is 32.1. The van der Waals surface area contributed by atoms with E-state index in [-0.39, 0.29) is 11.1 Å². The topological polar surface area (TPSA) is 71.5 Å². The first-order valence-corrected chi connectivity index (χ1v) is 5.42. The number of aromatic nitrogens is 1. The number of ether oxygens (including phenoxy) is 1. The maximum Gasteiger partial charge on any atom is 0.365 e. The van der Waals surface area contributed by atoms with Gasteiger partial charge in [0, 0.05) is 25.6 Å². The minimum atomic E-state index is -0.975. The third-order valence-electron chi connectivity index (χ3n) is 1.87. The van der Waals surface area contributed by atoms with Crippen molar-refractivity contribution in [3.05, 3.63) is 16.1 Å². The van der Waals surface area contributed by atoms with Gasteiger partial charge in [0.15, 0.2) is 0 Å². The molecular formula is C9H14N2O3S. The average Bonchev–Trinajstić information content (AvgIpc) is 2.66. The molecule has 0 spiro atoms. The predicted octanol–water partition coefficient (Wildman–Crippen LogP) is 0.966. The second-order valence-electron chi connectivity index (χ2n) is 3.13. The summed E-state index contributed by atoms with van der Waals surface area (Å²) in [5.74, 6) is -0.975. The van der Waals surface area contributed by atoms with Crippen LogP contribution in [0, 0.1) is 0 Å². The molecule has 0 radical (unpaired) electrons. The van der Waals surface area contributed by atoms with E-state index in [1.807, 2.05) is 6.92 Å². The van der Waals surface area contributed by atoms with E-state index in [9.17, 15) is 4.79 Å². The molecule has 0 bridgehead atoms. The average molecular weight is 230 g/mol. The Hall–Kier alpha value is -0.980. The van der Waals surface area contributed by atoms with Gasteiger partial charge in [0.25, 0.3) is 0 Å². The zero-order chi connectivity index (χ0) is 11.3. The molecule has 0 aliphatic carbocycles. The Balaban J connectivity index is 2.35. The molecule has 84 valence electrons. The van der Waals surface area contributed by atoms with Crippen molar-refractivity contribution in [3.63, 3.8) is 0 Å². The number of carbonyl (C=O) groups is 1. The van der Waals surface area contributed by atoms with E-state index in [2.05, 4.69) is 10.3 Å². The zero-order valence-corrected chi connectivity index (χ0v) is 9.50. The van der Waals surface area contributed by atoms with Gasteiger partial charge in [0.1, 0.15) is 0 Å². The van der Waals surface area contributed by atoms with Gasteiger partial charge in [0.2, 0.25) is 5.01 Å². The number of carboxylic acids is 1. The van der Waals surface area contributed by atoms with Crippen LogP contribution in [0.5, 0.6) is 0 Å². The molecule has 1 aromatic rings. The number of carboxylic acid groups (broad SMARTS) is 1. The lowest BCUT2D eigenvalue weighted by Gasteiger charge is -2.09. The Morgan fingerprint density at radius 3 is 3.07 bits per heavy atom. The zero-order valence-electron chi connectivity index (χ0n) is 8.69.